The van der Waals surface area contributed by atoms with Crippen molar-refractivity contribution < 1.29 is 0 Å². The van der Waals surface area contributed by atoms with Gasteiger partial charge in [-0.3, -0.25) is 0 Å². The largest absolute Gasteiger partial charge is 0.146 e. The van der Waals surface area contributed by atoms with Crippen LogP contribution in [0.15, 0.2) is 4.78 Å². The Kier molecular flexibility index (Phi) is 4.62. The van der Waals surface area contributed by atoms with Crippen molar-refractivity contribution >= 4 is 8.24 Å². The van der Waals surface area contributed by atoms with Crippen molar-refractivity contribution in [3.8, 4) is 0 Å². The van der Waals surface area contributed by atoms with Gasteiger partial charge in [-0.15, -0.1) is 4.78 Å². The van der Waals surface area contributed by atoms with E-state index in [-0.39, 0.29) is 7.43 Å². The number of hydrogen-bond acceptors (Lipinski definition) is 1. The molecule has 0 heterocycles. The summed E-state index contributed by atoms with van der Waals surface area (Å²) < 4.78 is 3.58. The van der Waals surface area contributed by atoms with Crippen LogP contribution < -0.4 is 0 Å². The Morgan fingerprint density at radius 2 is 1.75 bits per heavy atom. The molecule has 0 saturated carbocycles. The maximum atomic E-state index is 7.89. The summed E-state index contributed by atoms with van der Waals surface area (Å²) >= 11 is 0. The number of rotatable bonds is 1. The highest BCUT2D eigenvalue weighted by Crippen LogP contribution is 2.00. The summed E-state index contributed by atoms with van der Waals surface area (Å²) in [4.78, 5) is 2.69. The first-order chi connectivity index (χ1) is 3.06. The summed E-state index contributed by atoms with van der Waals surface area (Å²) in [6.45, 7) is 5.98. The van der Waals surface area contributed by atoms with Gasteiger partial charge in [-0.25, -0.2) is 0 Å². The first-order valence-electron chi connectivity index (χ1n) is 2.12. The molecule has 0 aromatic rings. The first-order valence-corrected chi connectivity index (χ1v) is 5.57. The molecule has 0 amide bonds. The molecule has 4 heteroatoms. The lowest BCUT2D eigenvalue weighted by Crippen LogP contribution is -2.13. The normalized spacial score (nSPS) is 8.88. The van der Waals surface area contributed by atoms with Crippen molar-refractivity contribution in [3.05, 3.63) is 10.4 Å². The molecule has 0 bridgehead atoms. The van der Waals surface area contributed by atoms with Crippen molar-refractivity contribution in [1.29, 1.82) is 0 Å². The zero-order chi connectivity index (χ0) is 5.91. The molecule has 0 fully saturated rings. The fourth-order valence-corrected chi connectivity index (χ4v) is 0.402. The van der Waals surface area contributed by atoms with E-state index in [4.69, 9.17) is 5.53 Å². The van der Waals surface area contributed by atoms with Crippen molar-refractivity contribution in [3.63, 3.8) is 0 Å². The van der Waals surface area contributed by atoms with Crippen molar-refractivity contribution in [2.45, 2.75) is 27.1 Å². The fourth-order valence-electron chi connectivity index (χ4n) is 0.134. The van der Waals surface area contributed by atoms with Crippen LogP contribution in [0.3, 0.4) is 0 Å². The smallest absolute Gasteiger partial charge is 0.125 e. The average molecular weight is 131 g/mol. The second kappa shape index (κ2) is 3.52. The Balaban J connectivity index is 0. The molecule has 0 aliphatic carbocycles. The molecule has 0 aliphatic heterocycles. The van der Waals surface area contributed by atoms with E-state index in [2.05, 4.69) is 9.69 Å². The third-order valence-electron chi connectivity index (χ3n) is 0.345. The van der Waals surface area contributed by atoms with Crippen LogP contribution in [0.1, 0.15) is 7.43 Å². The lowest BCUT2D eigenvalue weighted by molar-refractivity contribution is 1.52. The molecule has 3 nitrogen and oxygen atoms in total. The van der Waals surface area contributed by atoms with Crippen molar-refractivity contribution in [2.24, 2.45) is 4.78 Å². The zero-order valence-corrected chi connectivity index (χ0v) is 5.84. The summed E-state index contributed by atoms with van der Waals surface area (Å²) in [6.07, 6.45) is 0. The van der Waals surface area contributed by atoms with E-state index in [1.54, 1.807) is 0 Å². The fraction of sp³-hybridized carbons (Fsp3) is 1.00. The van der Waals surface area contributed by atoms with Crippen LogP contribution in [0, 0.1) is 0 Å². The minimum absolute atomic E-state index is 0. The van der Waals surface area contributed by atoms with E-state index in [1.165, 1.54) is 0 Å². The van der Waals surface area contributed by atoms with E-state index < -0.39 is 8.24 Å². The van der Waals surface area contributed by atoms with Crippen molar-refractivity contribution in [2.75, 3.05) is 0 Å². The predicted octanol–water partition coefficient (Wildman–Crippen LogP) is 2.77. The lowest BCUT2D eigenvalue weighted by atomic mass is 11.8. The van der Waals surface area contributed by atoms with Crippen LogP contribution in [-0.4, -0.2) is 8.24 Å². The Labute approximate surface area is 51.4 Å². The Hall–Kier alpha value is -0.473. The maximum Gasteiger partial charge on any atom is 0.146 e. The monoisotopic (exact) mass is 131 g/mol. The van der Waals surface area contributed by atoms with Crippen LogP contribution in [0.2, 0.25) is 19.6 Å². The Morgan fingerprint density at radius 3 is 1.75 bits per heavy atom. The van der Waals surface area contributed by atoms with Crippen LogP contribution in [-0.2, 0) is 0 Å². The summed E-state index contributed by atoms with van der Waals surface area (Å²) in [5, 5.41) is 0. The third-order valence-corrected chi connectivity index (χ3v) is 1.03. The molecule has 0 saturated heterocycles. The molecule has 0 aromatic heterocycles. The van der Waals surface area contributed by atoms with Gasteiger partial charge in [0.05, 0.1) is 0 Å². The molecule has 0 spiro atoms. The number of azide groups is 1. The van der Waals surface area contributed by atoms with E-state index in [0.29, 0.717) is 0 Å². The summed E-state index contributed by atoms with van der Waals surface area (Å²) in [5.74, 6) is 0. The molecule has 0 aromatic carbocycles. The number of nitrogens with zero attached hydrogens (tertiary/aromatic N) is 3. The SMILES string of the molecule is C.C[Si](C)(C)N=[N+]=[N-]. The zero-order valence-electron chi connectivity index (χ0n) is 4.84. The second-order valence-electron chi connectivity index (χ2n) is 2.36. The van der Waals surface area contributed by atoms with Gasteiger partial charge in [-0.2, -0.15) is 0 Å². The first kappa shape index (κ1) is 10.5. The Morgan fingerprint density at radius 1 is 1.38 bits per heavy atom. The van der Waals surface area contributed by atoms with Gasteiger partial charge in [0, 0.05) is 0 Å². The van der Waals surface area contributed by atoms with Crippen LogP contribution in [0.4, 0.5) is 0 Å². The van der Waals surface area contributed by atoms with Gasteiger partial charge in [-0.1, -0.05) is 27.1 Å². The van der Waals surface area contributed by atoms with E-state index in [0.717, 1.165) is 0 Å². The molecular formula is C4H13N3Si. The van der Waals surface area contributed by atoms with Gasteiger partial charge in [0.1, 0.15) is 8.24 Å². The van der Waals surface area contributed by atoms with Gasteiger partial charge in [0.2, 0.25) is 0 Å². The minimum atomic E-state index is -1.45. The summed E-state index contributed by atoms with van der Waals surface area (Å²) in [7, 11) is -1.45. The van der Waals surface area contributed by atoms with Gasteiger partial charge in [0.15, 0.2) is 0 Å². The van der Waals surface area contributed by atoms with Gasteiger partial charge in [0.25, 0.3) is 0 Å². The Bertz CT molecular complexity index is 98.3. The second-order valence-corrected chi connectivity index (χ2v) is 6.90. The van der Waals surface area contributed by atoms with Gasteiger partial charge in [-0.05, 0) is 10.4 Å². The summed E-state index contributed by atoms with van der Waals surface area (Å²) in [5.41, 5.74) is 7.89. The van der Waals surface area contributed by atoms with Gasteiger partial charge < -0.3 is 0 Å². The predicted molar refractivity (Wildman–Crippen MR) is 39.2 cm³/mol. The molecule has 0 atom stereocenters. The summed E-state index contributed by atoms with van der Waals surface area (Å²) in [6, 6.07) is 0. The van der Waals surface area contributed by atoms with Gasteiger partial charge >= 0.3 is 0 Å². The molecule has 8 heavy (non-hydrogen) atoms. The number of hydrogen-bond donors (Lipinski definition) is 0. The molecule has 0 aliphatic rings. The average Bonchev–Trinajstić information content (AvgIpc) is 1.30. The lowest BCUT2D eigenvalue weighted by Gasteiger charge is -2.01. The molecule has 0 radical (unpaired) electrons. The van der Waals surface area contributed by atoms with E-state index in [9.17, 15) is 0 Å². The minimum Gasteiger partial charge on any atom is -0.125 e. The van der Waals surface area contributed by atoms with Crippen LogP contribution >= 0.6 is 0 Å². The van der Waals surface area contributed by atoms with Crippen molar-refractivity contribution in [1.82, 2.24) is 0 Å². The molecule has 0 unspecified atom stereocenters. The maximum absolute atomic E-state index is 7.89. The standard InChI is InChI=1S/C3H9N3Si.CH4/c1-7(2,3)6-5-4;/h1-3H3;1H4. The quantitative estimate of drug-likeness (QED) is 0.227. The van der Waals surface area contributed by atoms with E-state index >= 15 is 0 Å². The molecule has 0 rings (SSSR count). The highest BCUT2D eigenvalue weighted by Gasteiger charge is 2.07. The van der Waals surface area contributed by atoms with E-state index in [1.807, 2.05) is 19.6 Å². The molecule has 0 N–H and O–H groups in total. The van der Waals surface area contributed by atoms with Crippen LogP contribution in [0.5, 0.6) is 0 Å². The topological polar surface area (TPSA) is 48.8 Å². The third kappa shape index (κ3) is 9.11. The van der Waals surface area contributed by atoms with Crippen LogP contribution in [0.25, 0.3) is 10.4 Å². The highest BCUT2D eigenvalue weighted by atomic mass is 28.3. The highest BCUT2D eigenvalue weighted by molar-refractivity contribution is 6.74. The molecular weight excluding hydrogens is 118 g/mol. The molecule has 48 valence electrons.